The van der Waals surface area contributed by atoms with Crippen molar-refractivity contribution in [2.45, 2.75) is 32.2 Å². The van der Waals surface area contributed by atoms with E-state index in [0.717, 1.165) is 35.0 Å². The van der Waals surface area contributed by atoms with Gasteiger partial charge in [-0.2, -0.15) is 0 Å². The zero-order chi connectivity index (χ0) is 32.0. The van der Waals surface area contributed by atoms with E-state index < -0.39 is 11.5 Å². The summed E-state index contributed by atoms with van der Waals surface area (Å²) in [6.45, 7) is 0.726. The number of nitrogens with zero attached hydrogens (tertiary/aromatic N) is 1. The molecule has 8 nitrogen and oxygen atoms in total. The van der Waals surface area contributed by atoms with E-state index in [4.69, 9.17) is 4.74 Å². The lowest BCUT2D eigenvalue weighted by Crippen LogP contribution is -2.35. The Bertz CT molecular complexity index is 1970. The topological polar surface area (TPSA) is 106 Å². The molecule has 8 heteroatoms. The van der Waals surface area contributed by atoms with Crippen LogP contribution >= 0.6 is 0 Å². The van der Waals surface area contributed by atoms with Crippen molar-refractivity contribution in [1.29, 1.82) is 0 Å². The number of pyridine rings is 1. The summed E-state index contributed by atoms with van der Waals surface area (Å²) in [5.74, 6) is 0.0750. The second kappa shape index (κ2) is 13.6. The third kappa shape index (κ3) is 6.61. The number of hydrogen-bond donors (Lipinski definition) is 2. The van der Waals surface area contributed by atoms with Crippen molar-refractivity contribution in [3.63, 3.8) is 0 Å². The summed E-state index contributed by atoms with van der Waals surface area (Å²) >= 11 is 0. The summed E-state index contributed by atoms with van der Waals surface area (Å²) in [7, 11) is 1.59. The van der Waals surface area contributed by atoms with Gasteiger partial charge in [-0.15, -0.1) is 0 Å². The van der Waals surface area contributed by atoms with Crippen molar-refractivity contribution in [2.75, 3.05) is 19.0 Å². The van der Waals surface area contributed by atoms with E-state index in [1.807, 2.05) is 66.7 Å². The predicted octanol–water partition coefficient (Wildman–Crippen LogP) is 5.39. The first-order valence-electron chi connectivity index (χ1n) is 15.4. The molecule has 1 heterocycles. The minimum atomic E-state index is -0.464. The molecule has 0 spiro atoms. The van der Waals surface area contributed by atoms with Crippen LogP contribution in [0.3, 0.4) is 0 Å². The van der Waals surface area contributed by atoms with E-state index in [0.29, 0.717) is 53.8 Å². The van der Waals surface area contributed by atoms with Gasteiger partial charge in [0.05, 0.1) is 24.7 Å². The fourth-order valence-corrected chi connectivity index (χ4v) is 6.30. The lowest BCUT2D eigenvalue weighted by atomic mass is 10.0. The molecule has 1 aliphatic carbocycles. The first kappa shape index (κ1) is 30.5. The number of rotatable bonds is 11. The highest BCUT2D eigenvalue weighted by Crippen LogP contribution is 2.31. The molecule has 2 N–H and O–H groups in total. The normalized spacial score (nSPS) is 13.6. The summed E-state index contributed by atoms with van der Waals surface area (Å²) in [6.07, 6.45) is 3.03. The Kier molecular flexibility index (Phi) is 9.06. The second-order valence-electron chi connectivity index (χ2n) is 11.7. The van der Waals surface area contributed by atoms with E-state index >= 15 is 0 Å². The number of aromatic nitrogens is 1. The average molecular weight is 614 g/mol. The summed E-state index contributed by atoms with van der Waals surface area (Å²) < 4.78 is 6.87. The molecule has 0 radical (unpaired) electrons. The van der Waals surface area contributed by atoms with Crippen molar-refractivity contribution in [3.8, 4) is 5.75 Å². The van der Waals surface area contributed by atoms with Crippen LogP contribution in [-0.2, 0) is 37.0 Å². The number of hydrogen-bond acceptors (Lipinski definition) is 5. The van der Waals surface area contributed by atoms with Gasteiger partial charge in [-0.05, 0) is 77.8 Å². The van der Waals surface area contributed by atoms with Crippen LogP contribution in [0.5, 0.6) is 5.75 Å². The zero-order valence-electron chi connectivity index (χ0n) is 25.6. The van der Waals surface area contributed by atoms with Gasteiger partial charge in [0.15, 0.2) is 0 Å². The largest absolute Gasteiger partial charge is 0.497 e. The Morgan fingerprint density at radius 2 is 1.70 bits per heavy atom. The van der Waals surface area contributed by atoms with Gasteiger partial charge >= 0.3 is 0 Å². The summed E-state index contributed by atoms with van der Waals surface area (Å²) in [4.78, 5) is 52.4. The van der Waals surface area contributed by atoms with Gasteiger partial charge in [0.1, 0.15) is 17.6 Å². The number of nitrogens with one attached hydrogen (secondary N) is 2. The molecular weight excluding hydrogens is 578 g/mol. The van der Waals surface area contributed by atoms with Gasteiger partial charge in [0.25, 0.3) is 11.5 Å². The van der Waals surface area contributed by atoms with Crippen LogP contribution in [0.4, 0.5) is 5.69 Å². The van der Waals surface area contributed by atoms with E-state index in [1.54, 1.807) is 42.0 Å². The highest BCUT2D eigenvalue weighted by molar-refractivity contribution is 6.05. The smallest absolute Gasteiger partial charge is 0.263 e. The van der Waals surface area contributed by atoms with E-state index in [2.05, 4.69) is 10.6 Å². The molecule has 6 rings (SSSR count). The molecule has 46 heavy (non-hydrogen) atoms. The third-order valence-electron chi connectivity index (χ3n) is 8.60. The van der Waals surface area contributed by atoms with E-state index in [9.17, 15) is 19.2 Å². The highest BCUT2D eigenvalue weighted by atomic mass is 16.5. The van der Waals surface area contributed by atoms with Crippen LogP contribution in [0, 0.1) is 5.92 Å². The minimum Gasteiger partial charge on any atom is -0.497 e. The van der Waals surface area contributed by atoms with Crippen molar-refractivity contribution < 1.29 is 19.1 Å². The van der Waals surface area contributed by atoms with Crippen LogP contribution in [0.2, 0.25) is 0 Å². The SMILES string of the molecule is COc1ccc(CC(=O)Nc2cccc3c2cc(C(=O)NCCc2ccccc2)c(=O)n3CC2Cc3cccc(C=O)c3C2)cc1. The number of aldehydes is 1. The maximum absolute atomic E-state index is 14.0. The molecule has 0 aliphatic heterocycles. The Hall–Kier alpha value is -5.50. The molecule has 0 saturated carbocycles. The number of anilines is 1. The third-order valence-corrected chi connectivity index (χ3v) is 8.60. The Balaban J connectivity index is 1.32. The maximum atomic E-state index is 14.0. The van der Waals surface area contributed by atoms with Crippen molar-refractivity contribution >= 4 is 34.7 Å². The lowest BCUT2D eigenvalue weighted by molar-refractivity contribution is -0.115. The fourth-order valence-electron chi connectivity index (χ4n) is 6.30. The Labute approximate surface area is 267 Å². The van der Waals surface area contributed by atoms with Gasteiger partial charge in [-0.25, -0.2) is 0 Å². The average Bonchev–Trinajstić information content (AvgIpc) is 3.50. The van der Waals surface area contributed by atoms with Crippen molar-refractivity contribution in [3.05, 3.63) is 141 Å². The molecule has 0 saturated heterocycles. The minimum absolute atomic E-state index is 0.0153. The summed E-state index contributed by atoms with van der Waals surface area (Å²) in [5, 5.41) is 6.52. The van der Waals surface area contributed by atoms with Gasteiger partial charge in [0, 0.05) is 24.0 Å². The second-order valence-corrected chi connectivity index (χ2v) is 11.7. The molecule has 0 bridgehead atoms. The first-order valence-corrected chi connectivity index (χ1v) is 15.4. The van der Waals surface area contributed by atoms with Crippen molar-refractivity contribution in [1.82, 2.24) is 9.88 Å². The number of amides is 2. The molecule has 232 valence electrons. The lowest BCUT2D eigenvalue weighted by Gasteiger charge is -2.18. The van der Waals surface area contributed by atoms with Gasteiger partial charge < -0.3 is 19.9 Å². The molecular formula is C38H35N3O5. The molecule has 2 amide bonds. The predicted molar refractivity (Wildman–Crippen MR) is 179 cm³/mol. The van der Waals surface area contributed by atoms with E-state index in [1.165, 1.54) is 0 Å². The molecule has 1 unspecified atom stereocenters. The zero-order valence-corrected chi connectivity index (χ0v) is 25.6. The van der Waals surface area contributed by atoms with Crippen molar-refractivity contribution in [2.24, 2.45) is 5.92 Å². The quantitative estimate of drug-likeness (QED) is 0.194. The molecule has 0 fully saturated rings. The van der Waals surface area contributed by atoms with Crippen LogP contribution in [0.15, 0.2) is 102 Å². The number of carbonyl (C=O) groups is 3. The molecule has 5 aromatic rings. The maximum Gasteiger partial charge on any atom is 0.263 e. The van der Waals surface area contributed by atoms with Crippen LogP contribution in [0.25, 0.3) is 10.9 Å². The Morgan fingerprint density at radius 3 is 2.46 bits per heavy atom. The molecule has 1 aliphatic rings. The van der Waals surface area contributed by atoms with Gasteiger partial charge in [-0.1, -0.05) is 66.7 Å². The first-order chi connectivity index (χ1) is 22.4. The molecule has 1 aromatic heterocycles. The molecule has 4 aromatic carbocycles. The van der Waals surface area contributed by atoms with Gasteiger partial charge in [0.2, 0.25) is 5.91 Å². The summed E-state index contributed by atoms with van der Waals surface area (Å²) in [6, 6.07) is 29.8. The Morgan fingerprint density at radius 1 is 0.913 bits per heavy atom. The monoisotopic (exact) mass is 613 g/mol. The van der Waals surface area contributed by atoms with Crippen LogP contribution in [0.1, 0.15) is 43.0 Å². The summed E-state index contributed by atoms with van der Waals surface area (Å²) in [5.41, 5.74) is 5.46. The van der Waals surface area contributed by atoms with E-state index in [-0.39, 0.29) is 23.8 Å². The number of ether oxygens (including phenoxy) is 1. The molecule has 1 atom stereocenters. The number of methoxy groups -OCH3 is 1. The fraction of sp³-hybridized carbons (Fsp3) is 0.211. The standard InChI is InChI=1S/C38H35N3O5/c1-46-30-15-13-26(14-16-30)21-36(43)40-34-11-6-12-35-32(34)22-33(37(44)39-18-17-25-7-3-2-4-8-25)38(45)41(35)23-27-19-28-9-5-10-29(24-42)31(28)20-27/h2-16,22,24,27H,17-21,23H2,1H3,(H,39,44)(H,40,43). The van der Waals surface area contributed by atoms with Gasteiger partial charge in [-0.3, -0.25) is 19.2 Å². The van der Waals surface area contributed by atoms with Crippen LogP contribution in [-0.4, -0.2) is 36.3 Å². The highest BCUT2D eigenvalue weighted by Gasteiger charge is 2.26. The number of carbonyl (C=O) groups excluding carboxylic acids is 3. The number of benzene rings is 4. The van der Waals surface area contributed by atoms with Crippen LogP contribution < -0.4 is 20.9 Å². The number of fused-ring (bicyclic) bond motifs is 2.